The predicted octanol–water partition coefficient (Wildman–Crippen LogP) is 3.68. The molecule has 1 aromatic heterocycles. The van der Waals surface area contributed by atoms with Crippen molar-refractivity contribution < 1.29 is 9.53 Å². The number of nitrogens with zero attached hydrogens (tertiary/aromatic N) is 2. The van der Waals surface area contributed by atoms with Gasteiger partial charge in [0.25, 0.3) is 5.91 Å². The molecule has 1 saturated heterocycles. The summed E-state index contributed by atoms with van der Waals surface area (Å²) in [6, 6.07) is 15.0. The van der Waals surface area contributed by atoms with Gasteiger partial charge in [-0.15, -0.1) is 0 Å². The normalized spacial score (nSPS) is 16.4. The number of likely N-dealkylation sites (tertiary alicyclic amines) is 1. The van der Waals surface area contributed by atoms with E-state index in [2.05, 4.69) is 11.6 Å². The lowest BCUT2D eigenvalue weighted by atomic mass is 9.97. The summed E-state index contributed by atoms with van der Waals surface area (Å²) < 4.78 is 6.05. The van der Waals surface area contributed by atoms with E-state index in [9.17, 15) is 4.79 Å². The molecule has 1 fully saturated rings. The third-order valence-electron chi connectivity index (χ3n) is 5.54. The van der Waals surface area contributed by atoms with Crippen LogP contribution in [0, 0.1) is 5.92 Å². The standard InChI is InChI=1S/C24H26N4O2/c1-16(25)23-20(26)8-4-10-22(23)30-15-17-6-5-13-28(14-17)24(29)19-11-12-27-21-9-3-2-7-18(19)21/h2-4,7-12,17H,1,5-6,13-15,25-26H2/t17-/m0/s1. The Morgan fingerprint density at radius 2 is 2.03 bits per heavy atom. The van der Waals surface area contributed by atoms with E-state index in [1.807, 2.05) is 41.3 Å². The first-order valence-electron chi connectivity index (χ1n) is 10.1. The average Bonchev–Trinajstić information content (AvgIpc) is 2.76. The Bertz CT molecular complexity index is 1090. The summed E-state index contributed by atoms with van der Waals surface area (Å²) in [4.78, 5) is 19.5. The number of hydrogen-bond donors (Lipinski definition) is 2. The molecule has 6 heteroatoms. The van der Waals surface area contributed by atoms with Crippen LogP contribution in [0.5, 0.6) is 5.75 Å². The topological polar surface area (TPSA) is 94.5 Å². The molecule has 1 amide bonds. The monoisotopic (exact) mass is 402 g/mol. The number of nitrogen functional groups attached to an aromatic ring is 1. The number of hydrogen-bond acceptors (Lipinski definition) is 5. The van der Waals surface area contributed by atoms with Gasteiger partial charge in [-0.05, 0) is 37.1 Å². The average molecular weight is 402 g/mol. The summed E-state index contributed by atoms with van der Waals surface area (Å²) in [5.41, 5.74) is 15.0. The summed E-state index contributed by atoms with van der Waals surface area (Å²) in [6.07, 6.45) is 3.64. The van der Waals surface area contributed by atoms with E-state index >= 15 is 0 Å². The van der Waals surface area contributed by atoms with Crippen molar-refractivity contribution in [1.29, 1.82) is 0 Å². The van der Waals surface area contributed by atoms with Crippen molar-refractivity contribution in [3.63, 3.8) is 0 Å². The van der Waals surface area contributed by atoms with Crippen LogP contribution in [0.2, 0.25) is 0 Å². The highest BCUT2D eigenvalue weighted by atomic mass is 16.5. The van der Waals surface area contributed by atoms with E-state index in [-0.39, 0.29) is 11.8 Å². The minimum Gasteiger partial charge on any atom is -0.492 e. The van der Waals surface area contributed by atoms with Crippen LogP contribution in [0.15, 0.2) is 61.3 Å². The van der Waals surface area contributed by atoms with Crippen LogP contribution in [-0.2, 0) is 0 Å². The highest BCUT2D eigenvalue weighted by molar-refractivity contribution is 6.06. The Balaban J connectivity index is 1.47. The number of ether oxygens (including phenoxy) is 1. The van der Waals surface area contributed by atoms with Crippen molar-refractivity contribution in [3.8, 4) is 5.75 Å². The number of nitrogens with two attached hydrogens (primary N) is 2. The van der Waals surface area contributed by atoms with Gasteiger partial charge in [0.2, 0.25) is 0 Å². The van der Waals surface area contributed by atoms with Gasteiger partial charge in [0.1, 0.15) is 5.75 Å². The van der Waals surface area contributed by atoms with Crippen LogP contribution in [0.3, 0.4) is 0 Å². The summed E-state index contributed by atoms with van der Waals surface area (Å²) in [6.45, 7) is 5.68. The van der Waals surface area contributed by atoms with Crippen LogP contribution in [-0.4, -0.2) is 35.5 Å². The van der Waals surface area contributed by atoms with Crippen molar-refractivity contribution >= 4 is 28.2 Å². The second kappa shape index (κ2) is 8.45. The number of pyridine rings is 1. The molecule has 4 N–H and O–H groups in total. The zero-order valence-electron chi connectivity index (χ0n) is 16.9. The van der Waals surface area contributed by atoms with Crippen molar-refractivity contribution in [2.75, 3.05) is 25.4 Å². The maximum absolute atomic E-state index is 13.2. The Labute approximate surface area is 176 Å². The Morgan fingerprint density at radius 3 is 2.87 bits per heavy atom. The van der Waals surface area contributed by atoms with Gasteiger partial charge in [0.05, 0.1) is 23.3 Å². The molecule has 0 unspecified atom stereocenters. The molecule has 0 aliphatic carbocycles. The largest absolute Gasteiger partial charge is 0.492 e. The lowest BCUT2D eigenvalue weighted by molar-refractivity contribution is 0.0635. The number of para-hydroxylation sites is 1. The van der Waals surface area contributed by atoms with Crippen LogP contribution in [0.25, 0.3) is 16.6 Å². The highest BCUT2D eigenvalue weighted by Crippen LogP contribution is 2.29. The van der Waals surface area contributed by atoms with Crippen LogP contribution < -0.4 is 16.2 Å². The number of aromatic nitrogens is 1. The van der Waals surface area contributed by atoms with Gasteiger partial charge in [0.15, 0.2) is 0 Å². The molecular formula is C24H26N4O2. The van der Waals surface area contributed by atoms with E-state index in [1.54, 1.807) is 18.3 Å². The summed E-state index contributed by atoms with van der Waals surface area (Å²) >= 11 is 0. The summed E-state index contributed by atoms with van der Waals surface area (Å²) in [5.74, 6) is 0.903. The minimum atomic E-state index is 0.0401. The lowest BCUT2D eigenvalue weighted by Gasteiger charge is -2.33. The second-order valence-corrected chi connectivity index (χ2v) is 7.69. The molecule has 0 spiro atoms. The Morgan fingerprint density at radius 1 is 1.20 bits per heavy atom. The zero-order valence-corrected chi connectivity index (χ0v) is 16.9. The van der Waals surface area contributed by atoms with Gasteiger partial charge in [-0.2, -0.15) is 0 Å². The molecule has 30 heavy (non-hydrogen) atoms. The molecule has 2 heterocycles. The molecule has 0 bridgehead atoms. The smallest absolute Gasteiger partial charge is 0.254 e. The van der Waals surface area contributed by atoms with Crippen LogP contribution in [0.4, 0.5) is 5.69 Å². The summed E-state index contributed by atoms with van der Waals surface area (Å²) in [7, 11) is 0. The van der Waals surface area contributed by atoms with Crippen molar-refractivity contribution in [2.45, 2.75) is 12.8 Å². The third kappa shape index (κ3) is 3.94. The first-order chi connectivity index (χ1) is 14.5. The predicted molar refractivity (Wildman–Crippen MR) is 120 cm³/mol. The molecule has 4 rings (SSSR count). The SMILES string of the molecule is C=C(N)c1c(N)cccc1OC[C@H]1CCCN(C(=O)c2ccnc3ccccc23)C1. The maximum atomic E-state index is 13.2. The fourth-order valence-corrected chi connectivity index (χ4v) is 4.06. The van der Waals surface area contributed by atoms with Crippen molar-refractivity contribution in [1.82, 2.24) is 9.88 Å². The minimum absolute atomic E-state index is 0.0401. The molecule has 3 aromatic rings. The fraction of sp³-hybridized carbons (Fsp3) is 0.250. The molecule has 0 saturated carbocycles. The van der Waals surface area contributed by atoms with Gasteiger partial charge in [0, 0.05) is 42.0 Å². The van der Waals surface area contributed by atoms with E-state index in [0.717, 1.165) is 30.3 Å². The third-order valence-corrected chi connectivity index (χ3v) is 5.54. The number of amides is 1. The van der Waals surface area contributed by atoms with Crippen LogP contribution in [0.1, 0.15) is 28.8 Å². The number of rotatable bonds is 5. The van der Waals surface area contributed by atoms with Crippen molar-refractivity contribution in [3.05, 3.63) is 72.4 Å². The quantitative estimate of drug-likeness (QED) is 0.635. The first kappa shape index (κ1) is 19.8. The fourth-order valence-electron chi connectivity index (χ4n) is 4.06. The molecule has 2 aromatic carbocycles. The second-order valence-electron chi connectivity index (χ2n) is 7.69. The Hall–Kier alpha value is -3.54. The number of benzene rings is 2. The lowest BCUT2D eigenvalue weighted by Crippen LogP contribution is -2.41. The number of fused-ring (bicyclic) bond motifs is 1. The van der Waals surface area contributed by atoms with Gasteiger partial charge < -0.3 is 21.1 Å². The molecule has 6 nitrogen and oxygen atoms in total. The van der Waals surface area contributed by atoms with Gasteiger partial charge in [-0.3, -0.25) is 9.78 Å². The molecular weight excluding hydrogens is 376 g/mol. The van der Waals surface area contributed by atoms with E-state index in [1.165, 1.54) is 0 Å². The van der Waals surface area contributed by atoms with Gasteiger partial charge in [-0.25, -0.2) is 0 Å². The molecule has 1 atom stereocenters. The van der Waals surface area contributed by atoms with E-state index in [4.69, 9.17) is 16.2 Å². The number of carbonyl (C=O) groups is 1. The van der Waals surface area contributed by atoms with Gasteiger partial charge >= 0.3 is 0 Å². The number of carbonyl (C=O) groups excluding carboxylic acids is 1. The highest BCUT2D eigenvalue weighted by Gasteiger charge is 2.26. The number of piperidine rings is 1. The summed E-state index contributed by atoms with van der Waals surface area (Å²) in [5, 5.41) is 0.884. The van der Waals surface area contributed by atoms with Crippen LogP contribution >= 0.6 is 0 Å². The molecule has 154 valence electrons. The molecule has 1 aliphatic heterocycles. The maximum Gasteiger partial charge on any atom is 0.254 e. The van der Waals surface area contributed by atoms with Gasteiger partial charge in [-0.1, -0.05) is 30.8 Å². The Kier molecular flexibility index (Phi) is 5.57. The number of anilines is 1. The molecule has 0 radical (unpaired) electrons. The van der Waals surface area contributed by atoms with Crippen molar-refractivity contribution in [2.24, 2.45) is 11.7 Å². The van der Waals surface area contributed by atoms with E-state index < -0.39 is 0 Å². The zero-order chi connectivity index (χ0) is 21.1. The first-order valence-corrected chi connectivity index (χ1v) is 10.1. The molecule has 1 aliphatic rings. The van der Waals surface area contributed by atoms with E-state index in [0.29, 0.717) is 41.4 Å².